The number of rotatable bonds is 2. The SMILES string of the molecule is O=S(=O)(O)NC1CCCSCC1. The Morgan fingerprint density at radius 2 is 2.08 bits per heavy atom. The molecule has 0 aromatic carbocycles. The minimum atomic E-state index is -4.00. The van der Waals surface area contributed by atoms with Gasteiger partial charge < -0.3 is 0 Å². The standard InChI is InChI=1S/C6H13NO3S2/c8-12(9,10)7-6-2-1-4-11-5-3-6/h6-7H,1-5H2,(H,8,9,10). The third-order valence-electron chi connectivity index (χ3n) is 1.77. The lowest BCUT2D eigenvalue weighted by atomic mass is 10.1. The highest BCUT2D eigenvalue weighted by Crippen LogP contribution is 2.16. The van der Waals surface area contributed by atoms with Crippen LogP contribution in [-0.2, 0) is 10.3 Å². The highest BCUT2D eigenvalue weighted by Gasteiger charge is 2.16. The maximum atomic E-state index is 10.4. The summed E-state index contributed by atoms with van der Waals surface area (Å²) in [5, 5.41) is 0. The van der Waals surface area contributed by atoms with Crippen molar-refractivity contribution in [2.45, 2.75) is 25.3 Å². The van der Waals surface area contributed by atoms with E-state index >= 15 is 0 Å². The van der Waals surface area contributed by atoms with Gasteiger partial charge in [-0.3, -0.25) is 4.55 Å². The first-order valence-corrected chi connectivity index (χ1v) is 6.50. The summed E-state index contributed by atoms with van der Waals surface area (Å²) >= 11 is 1.83. The van der Waals surface area contributed by atoms with Crippen LogP contribution in [0.25, 0.3) is 0 Å². The molecule has 1 fully saturated rings. The van der Waals surface area contributed by atoms with Crippen LogP contribution in [0.15, 0.2) is 0 Å². The van der Waals surface area contributed by atoms with Crippen molar-refractivity contribution in [3.8, 4) is 0 Å². The highest BCUT2D eigenvalue weighted by atomic mass is 32.2. The molecule has 6 heteroatoms. The monoisotopic (exact) mass is 211 g/mol. The molecule has 1 aliphatic heterocycles. The maximum Gasteiger partial charge on any atom is 0.333 e. The Labute approximate surface area is 77.0 Å². The molecular formula is C6H13NO3S2. The molecule has 1 unspecified atom stereocenters. The van der Waals surface area contributed by atoms with E-state index in [-0.39, 0.29) is 6.04 Å². The molecule has 1 rings (SSSR count). The lowest BCUT2D eigenvalue weighted by molar-refractivity contribution is 0.441. The molecule has 0 bridgehead atoms. The summed E-state index contributed by atoms with van der Waals surface area (Å²) in [5.41, 5.74) is 0. The fourth-order valence-electron chi connectivity index (χ4n) is 1.23. The van der Waals surface area contributed by atoms with E-state index in [0.717, 1.165) is 30.8 Å². The molecule has 1 heterocycles. The quantitative estimate of drug-likeness (QED) is 0.659. The van der Waals surface area contributed by atoms with Crippen LogP contribution in [0.1, 0.15) is 19.3 Å². The van der Waals surface area contributed by atoms with Crippen LogP contribution < -0.4 is 4.72 Å². The van der Waals surface area contributed by atoms with Crippen LogP contribution in [0.2, 0.25) is 0 Å². The van der Waals surface area contributed by atoms with Gasteiger partial charge in [0, 0.05) is 6.04 Å². The summed E-state index contributed by atoms with van der Waals surface area (Å²) < 4.78 is 31.6. The second-order valence-corrected chi connectivity index (χ2v) is 5.24. The molecule has 72 valence electrons. The second-order valence-electron chi connectivity index (χ2n) is 2.83. The van der Waals surface area contributed by atoms with Gasteiger partial charge in [0.25, 0.3) is 0 Å². The number of hydrogen-bond donors (Lipinski definition) is 2. The van der Waals surface area contributed by atoms with Gasteiger partial charge in [-0.05, 0) is 30.8 Å². The number of thioether (sulfide) groups is 1. The Kier molecular flexibility index (Phi) is 3.82. The predicted octanol–water partition coefficient (Wildman–Crippen LogP) is 0.665. The molecule has 0 saturated carbocycles. The van der Waals surface area contributed by atoms with E-state index in [1.54, 1.807) is 0 Å². The Morgan fingerprint density at radius 1 is 1.33 bits per heavy atom. The molecule has 0 amide bonds. The summed E-state index contributed by atoms with van der Waals surface area (Å²) in [6.07, 6.45) is 2.65. The Hall–Kier alpha value is 0.220. The van der Waals surface area contributed by atoms with Gasteiger partial charge in [0.1, 0.15) is 0 Å². The molecule has 0 aromatic heterocycles. The van der Waals surface area contributed by atoms with Crippen LogP contribution in [0.5, 0.6) is 0 Å². The summed E-state index contributed by atoms with van der Waals surface area (Å²) in [6.45, 7) is 0. The Bertz CT molecular complexity index is 219. The zero-order valence-electron chi connectivity index (χ0n) is 6.69. The smallest absolute Gasteiger partial charge is 0.273 e. The highest BCUT2D eigenvalue weighted by molar-refractivity contribution is 7.99. The molecule has 12 heavy (non-hydrogen) atoms. The summed E-state index contributed by atoms with van der Waals surface area (Å²) in [4.78, 5) is 0. The van der Waals surface area contributed by atoms with Gasteiger partial charge in [0.05, 0.1) is 0 Å². The first-order chi connectivity index (χ1) is 5.58. The van der Waals surface area contributed by atoms with Gasteiger partial charge >= 0.3 is 10.3 Å². The summed E-state index contributed by atoms with van der Waals surface area (Å²) in [7, 11) is -4.00. The van der Waals surface area contributed by atoms with Gasteiger partial charge in [0.2, 0.25) is 0 Å². The zero-order valence-corrected chi connectivity index (χ0v) is 8.33. The molecule has 0 radical (unpaired) electrons. The molecule has 1 saturated heterocycles. The summed E-state index contributed by atoms with van der Waals surface area (Å²) in [6, 6.07) is -0.0741. The van der Waals surface area contributed by atoms with E-state index in [2.05, 4.69) is 4.72 Å². The van der Waals surface area contributed by atoms with Crippen LogP contribution in [-0.4, -0.2) is 30.5 Å². The number of nitrogens with one attached hydrogen (secondary N) is 1. The van der Waals surface area contributed by atoms with Crippen LogP contribution >= 0.6 is 11.8 Å². The van der Waals surface area contributed by atoms with Gasteiger partial charge in [0.15, 0.2) is 0 Å². The summed E-state index contributed by atoms with van der Waals surface area (Å²) in [5.74, 6) is 2.05. The lowest BCUT2D eigenvalue weighted by Gasteiger charge is -2.12. The fraction of sp³-hybridized carbons (Fsp3) is 1.00. The van der Waals surface area contributed by atoms with E-state index in [4.69, 9.17) is 4.55 Å². The first-order valence-electron chi connectivity index (χ1n) is 3.90. The van der Waals surface area contributed by atoms with E-state index in [0.29, 0.717) is 0 Å². The molecular weight excluding hydrogens is 198 g/mol. The van der Waals surface area contributed by atoms with Crippen molar-refractivity contribution >= 4 is 22.1 Å². The Morgan fingerprint density at radius 3 is 2.75 bits per heavy atom. The third kappa shape index (κ3) is 4.30. The molecule has 0 aliphatic carbocycles. The topological polar surface area (TPSA) is 66.4 Å². The van der Waals surface area contributed by atoms with E-state index in [1.807, 2.05) is 11.8 Å². The van der Waals surface area contributed by atoms with Gasteiger partial charge in [-0.1, -0.05) is 0 Å². The molecule has 2 N–H and O–H groups in total. The maximum absolute atomic E-state index is 10.4. The molecule has 4 nitrogen and oxygen atoms in total. The van der Waals surface area contributed by atoms with Crippen molar-refractivity contribution in [1.82, 2.24) is 4.72 Å². The first kappa shape index (κ1) is 10.3. The molecule has 0 spiro atoms. The second kappa shape index (κ2) is 4.45. The van der Waals surface area contributed by atoms with Crippen molar-refractivity contribution in [3.05, 3.63) is 0 Å². The Balaban J connectivity index is 2.40. The zero-order chi connectivity index (χ0) is 9.03. The van der Waals surface area contributed by atoms with E-state index in [9.17, 15) is 8.42 Å². The molecule has 1 aliphatic rings. The largest absolute Gasteiger partial charge is 0.333 e. The predicted molar refractivity (Wildman–Crippen MR) is 49.6 cm³/mol. The van der Waals surface area contributed by atoms with Gasteiger partial charge in [-0.2, -0.15) is 24.9 Å². The van der Waals surface area contributed by atoms with Gasteiger partial charge in [-0.25, -0.2) is 0 Å². The van der Waals surface area contributed by atoms with E-state index < -0.39 is 10.3 Å². The van der Waals surface area contributed by atoms with Crippen molar-refractivity contribution in [2.75, 3.05) is 11.5 Å². The minimum Gasteiger partial charge on any atom is -0.273 e. The van der Waals surface area contributed by atoms with Crippen LogP contribution in [0, 0.1) is 0 Å². The van der Waals surface area contributed by atoms with Crippen molar-refractivity contribution in [2.24, 2.45) is 0 Å². The number of hydrogen-bond acceptors (Lipinski definition) is 3. The molecule has 1 atom stereocenters. The van der Waals surface area contributed by atoms with Crippen molar-refractivity contribution in [1.29, 1.82) is 0 Å². The normalized spacial score (nSPS) is 26.6. The average molecular weight is 211 g/mol. The van der Waals surface area contributed by atoms with Crippen molar-refractivity contribution < 1.29 is 13.0 Å². The van der Waals surface area contributed by atoms with Gasteiger partial charge in [-0.15, -0.1) is 0 Å². The minimum absolute atomic E-state index is 0.0741. The lowest BCUT2D eigenvalue weighted by Crippen LogP contribution is -2.34. The van der Waals surface area contributed by atoms with Crippen LogP contribution in [0.3, 0.4) is 0 Å². The molecule has 0 aromatic rings. The third-order valence-corrected chi connectivity index (χ3v) is 3.50. The average Bonchev–Trinajstić information content (AvgIpc) is 2.12. The fourth-order valence-corrected chi connectivity index (χ4v) is 2.92. The van der Waals surface area contributed by atoms with Crippen LogP contribution in [0.4, 0.5) is 0 Å². The van der Waals surface area contributed by atoms with E-state index in [1.165, 1.54) is 0 Å². The van der Waals surface area contributed by atoms with Crippen molar-refractivity contribution in [3.63, 3.8) is 0 Å².